The van der Waals surface area contributed by atoms with Crippen LogP contribution in [-0.4, -0.2) is 41.1 Å². The Morgan fingerprint density at radius 2 is 2.11 bits per heavy atom. The number of carbonyl (C=O) groups is 2. The first kappa shape index (κ1) is 14.3. The van der Waals surface area contributed by atoms with Gasteiger partial charge in [-0.2, -0.15) is 5.26 Å². The normalized spacial score (nSPS) is 15.9. The fourth-order valence-electron chi connectivity index (χ4n) is 1.73. The number of carbonyl (C=O) groups excluding carboxylic acids is 1. The highest BCUT2D eigenvalue weighted by Gasteiger charge is 2.50. The maximum Gasteiger partial charge on any atom is 0.317 e. The minimum atomic E-state index is -0.851. The van der Waals surface area contributed by atoms with E-state index >= 15 is 0 Å². The van der Waals surface area contributed by atoms with E-state index in [4.69, 9.17) is 10.4 Å². The zero-order valence-corrected chi connectivity index (χ0v) is 10.8. The molecule has 0 aliphatic heterocycles. The largest absolute Gasteiger partial charge is 0.481 e. The highest BCUT2D eigenvalue weighted by Crippen LogP contribution is 2.45. The van der Waals surface area contributed by atoms with Gasteiger partial charge in [-0.15, -0.1) is 0 Å². The Hall–Kier alpha value is -1.77. The Balaban J connectivity index is 2.47. The van der Waals surface area contributed by atoms with Crippen LogP contribution in [0.5, 0.6) is 0 Å². The van der Waals surface area contributed by atoms with Crippen molar-refractivity contribution < 1.29 is 14.7 Å². The van der Waals surface area contributed by atoms with Crippen molar-refractivity contribution in [2.24, 2.45) is 5.41 Å². The fraction of sp³-hybridized carbons (Fsp3) is 0.750. The summed E-state index contributed by atoms with van der Waals surface area (Å²) < 4.78 is 0. The van der Waals surface area contributed by atoms with E-state index in [1.807, 2.05) is 19.9 Å². The van der Waals surface area contributed by atoms with Crippen LogP contribution in [0.4, 0.5) is 4.79 Å². The smallest absolute Gasteiger partial charge is 0.317 e. The van der Waals surface area contributed by atoms with Crippen LogP contribution in [0, 0.1) is 16.7 Å². The molecular weight excluding hydrogens is 234 g/mol. The molecule has 100 valence electrons. The SMILES string of the molecule is CC(C)N(CCC#N)C(=O)NCC1(C(=O)O)CC1. The van der Waals surface area contributed by atoms with Gasteiger partial charge in [-0.25, -0.2) is 4.79 Å². The van der Waals surface area contributed by atoms with E-state index in [9.17, 15) is 9.59 Å². The van der Waals surface area contributed by atoms with Crippen LogP contribution in [0.1, 0.15) is 33.1 Å². The van der Waals surface area contributed by atoms with Crippen LogP contribution in [0.15, 0.2) is 0 Å². The molecule has 0 radical (unpaired) electrons. The maximum absolute atomic E-state index is 11.9. The first-order valence-electron chi connectivity index (χ1n) is 6.08. The average molecular weight is 253 g/mol. The van der Waals surface area contributed by atoms with Gasteiger partial charge in [0.2, 0.25) is 0 Å². The molecule has 1 aliphatic rings. The van der Waals surface area contributed by atoms with Crippen LogP contribution in [0.25, 0.3) is 0 Å². The van der Waals surface area contributed by atoms with Crippen LogP contribution in [0.3, 0.4) is 0 Å². The quantitative estimate of drug-likeness (QED) is 0.743. The summed E-state index contributed by atoms with van der Waals surface area (Å²) in [5.74, 6) is -0.851. The van der Waals surface area contributed by atoms with E-state index in [0.29, 0.717) is 19.4 Å². The number of aliphatic carboxylic acids is 1. The van der Waals surface area contributed by atoms with Crippen molar-refractivity contribution in [1.29, 1.82) is 5.26 Å². The minimum absolute atomic E-state index is 0.0154. The standard InChI is InChI=1S/C12H19N3O3/c1-9(2)15(7-3-6-13)11(18)14-8-12(4-5-12)10(16)17/h9H,3-5,7-8H2,1-2H3,(H,14,18)(H,16,17). The molecule has 1 rings (SSSR count). The summed E-state index contributed by atoms with van der Waals surface area (Å²) in [6.45, 7) is 4.25. The third-order valence-corrected chi connectivity index (χ3v) is 3.23. The lowest BCUT2D eigenvalue weighted by Gasteiger charge is -2.26. The summed E-state index contributed by atoms with van der Waals surface area (Å²) in [7, 11) is 0. The lowest BCUT2D eigenvalue weighted by molar-refractivity contribution is -0.143. The molecule has 1 saturated carbocycles. The summed E-state index contributed by atoms with van der Waals surface area (Å²) >= 11 is 0. The van der Waals surface area contributed by atoms with Gasteiger partial charge in [0.15, 0.2) is 0 Å². The Bertz CT molecular complexity index is 369. The first-order valence-corrected chi connectivity index (χ1v) is 6.08. The van der Waals surface area contributed by atoms with Gasteiger partial charge in [0.05, 0.1) is 17.9 Å². The molecule has 18 heavy (non-hydrogen) atoms. The molecule has 6 nitrogen and oxygen atoms in total. The number of carboxylic acids is 1. The molecule has 0 spiro atoms. The number of nitriles is 1. The third kappa shape index (κ3) is 3.36. The summed E-state index contributed by atoms with van der Waals surface area (Å²) in [5, 5.41) is 20.2. The van der Waals surface area contributed by atoms with Crippen LogP contribution >= 0.6 is 0 Å². The second-order valence-corrected chi connectivity index (χ2v) is 4.94. The second-order valence-electron chi connectivity index (χ2n) is 4.94. The van der Waals surface area contributed by atoms with Crippen molar-refractivity contribution in [3.63, 3.8) is 0 Å². The van der Waals surface area contributed by atoms with Crippen molar-refractivity contribution in [2.75, 3.05) is 13.1 Å². The molecule has 2 N–H and O–H groups in total. The average Bonchev–Trinajstić information content (AvgIpc) is 3.07. The number of urea groups is 1. The van der Waals surface area contributed by atoms with Gasteiger partial charge in [0, 0.05) is 19.1 Å². The van der Waals surface area contributed by atoms with Gasteiger partial charge in [-0.05, 0) is 26.7 Å². The monoisotopic (exact) mass is 253 g/mol. The molecule has 0 heterocycles. The zero-order chi connectivity index (χ0) is 13.8. The molecule has 2 amide bonds. The number of nitrogens with zero attached hydrogens (tertiary/aromatic N) is 2. The molecule has 0 saturated heterocycles. The molecule has 0 bridgehead atoms. The third-order valence-electron chi connectivity index (χ3n) is 3.23. The number of rotatable bonds is 6. The van der Waals surface area contributed by atoms with E-state index in [2.05, 4.69) is 5.32 Å². The molecule has 1 aliphatic carbocycles. The Morgan fingerprint density at radius 3 is 2.50 bits per heavy atom. The Kier molecular flexibility index (Phi) is 4.54. The summed E-state index contributed by atoms with van der Waals surface area (Å²) in [6, 6.07) is 1.68. The van der Waals surface area contributed by atoms with Gasteiger partial charge >= 0.3 is 12.0 Å². The highest BCUT2D eigenvalue weighted by molar-refractivity contribution is 5.80. The van der Waals surface area contributed by atoms with E-state index < -0.39 is 11.4 Å². The predicted molar refractivity (Wildman–Crippen MR) is 64.8 cm³/mol. The van der Waals surface area contributed by atoms with E-state index in [1.54, 1.807) is 4.90 Å². The Morgan fingerprint density at radius 1 is 1.50 bits per heavy atom. The maximum atomic E-state index is 11.9. The Labute approximate surface area is 107 Å². The summed E-state index contributed by atoms with van der Waals surface area (Å²) in [5.41, 5.74) is -0.756. The highest BCUT2D eigenvalue weighted by atomic mass is 16.4. The van der Waals surface area contributed by atoms with Gasteiger partial charge in [0.1, 0.15) is 0 Å². The van der Waals surface area contributed by atoms with Gasteiger partial charge < -0.3 is 15.3 Å². The number of amides is 2. The van der Waals surface area contributed by atoms with Crippen LogP contribution < -0.4 is 5.32 Å². The van der Waals surface area contributed by atoms with Gasteiger partial charge in [-0.1, -0.05) is 0 Å². The topological polar surface area (TPSA) is 93.4 Å². The van der Waals surface area contributed by atoms with Gasteiger partial charge in [-0.3, -0.25) is 4.79 Å². The van der Waals surface area contributed by atoms with Crippen molar-refractivity contribution in [1.82, 2.24) is 10.2 Å². The number of carboxylic acid groups (broad SMARTS) is 1. The van der Waals surface area contributed by atoms with Crippen molar-refractivity contribution in [2.45, 2.75) is 39.2 Å². The molecule has 0 aromatic heterocycles. The summed E-state index contributed by atoms with van der Waals surface area (Å²) in [4.78, 5) is 24.4. The molecule has 0 unspecified atom stereocenters. The molecule has 0 atom stereocenters. The minimum Gasteiger partial charge on any atom is -0.481 e. The zero-order valence-electron chi connectivity index (χ0n) is 10.8. The molecule has 0 aromatic rings. The van der Waals surface area contributed by atoms with Crippen LogP contribution in [0.2, 0.25) is 0 Å². The van der Waals surface area contributed by atoms with E-state index in [0.717, 1.165) is 0 Å². The van der Waals surface area contributed by atoms with E-state index in [-0.39, 0.29) is 25.0 Å². The molecule has 6 heteroatoms. The molecule has 1 fully saturated rings. The first-order chi connectivity index (χ1) is 8.43. The second kappa shape index (κ2) is 5.71. The summed E-state index contributed by atoms with van der Waals surface area (Å²) in [6.07, 6.45) is 1.50. The lowest BCUT2D eigenvalue weighted by atomic mass is 10.1. The van der Waals surface area contributed by atoms with Crippen molar-refractivity contribution >= 4 is 12.0 Å². The van der Waals surface area contributed by atoms with Crippen LogP contribution in [-0.2, 0) is 4.79 Å². The number of hydrogen-bond donors (Lipinski definition) is 2. The van der Waals surface area contributed by atoms with E-state index in [1.165, 1.54) is 0 Å². The number of nitrogens with one attached hydrogen (secondary N) is 1. The van der Waals surface area contributed by atoms with Crippen molar-refractivity contribution in [3.8, 4) is 6.07 Å². The van der Waals surface area contributed by atoms with Crippen molar-refractivity contribution in [3.05, 3.63) is 0 Å². The fourth-order valence-corrected chi connectivity index (χ4v) is 1.73. The molecule has 0 aromatic carbocycles. The number of hydrogen-bond acceptors (Lipinski definition) is 3. The van der Waals surface area contributed by atoms with Gasteiger partial charge in [0.25, 0.3) is 0 Å². The molecular formula is C12H19N3O3. The lowest BCUT2D eigenvalue weighted by Crippen LogP contribution is -2.46. The predicted octanol–water partition coefficient (Wildman–Crippen LogP) is 1.18.